The van der Waals surface area contributed by atoms with Crippen molar-refractivity contribution in [2.45, 2.75) is 12.8 Å². The van der Waals surface area contributed by atoms with Gasteiger partial charge in [0.1, 0.15) is 6.61 Å². The van der Waals surface area contributed by atoms with Crippen LogP contribution in [0.1, 0.15) is 12.0 Å². The molecule has 0 amide bonds. The fourth-order valence-electron chi connectivity index (χ4n) is 1.40. The molecule has 0 radical (unpaired) electrons. The topological polar surface area (TPSA) is 55.8 Å². The molecule has 0 saturated carbocycles. The summed E-state index contributed by atoms with van der Waals surface area (Å²) in [6, 6.07) is 5.52. The van der Waals surface area contributed by atoms with Crippen molar-refractivity contribution in [3.05, 3.63) is 23.8 Å². The normalized spacial score (nSPS) is 9.94. The van der Waals surface area contributed by atoms with Gasteiger partial charge in [0.15, 0.2) is 17.3 Å². The van der Waals surface area contributed by atoms with Crippen molar-refractivity contribution < 1.29 is 19.4 Å². The van der Waals surface area contributed by atoms with E-state index >= 15 is 0 Å². The Balaban J connectivity index is 2.71. The molecule has 88 valence electrons. The number of aliphatic hydroxyl groups excluding tert-OH is 1. The first-order valence-corrected chi connectivity index (χ1v) is 5.04. The third-order valence-electron chi connectivity index (χ3n) is 2.32. The van der Waals surface area contributed by atoms with E-state index in [-0.39, 0.29) is 5.78 Å². The molecule has 1 aromatic carbocycles. The summed E-state index contributed by atoms with van der Waals surface area (Å²) >= 11 is 0. The van der Waals surface area contributed by atoms with E-state index in [0.29, 0.717) is 24.3 Å². The monoisotopic (exact) mass is 224 g/mol. The molecule has 4 nitrogen and oxygen atoms in total. The average molecular weight is 224 g/mol. The number of ether oxygens (including phenoxy) is 2. The smallest absolute Gasteiger partial charge is 0.160 e. The summed E-state index contributed by atoms with van der Waals surface area (Å²) in [4.78, 5) is 11.0. The fourth-order valence-corrected chi connectivity index (χ4v) is 1.40. The Morgan fingerprint density at radius 3 is 2.50 bits per heavy atom. The molecule has 0 aromatic heterocycles. The minimum absolute atomic E-state index is 0.158. The Labute approximate surface area is 94.8 Å². The van der Waals surface area contributed by atoms with Crippen LogP contribution >= 0.6 is 0 Å². The van der Waals surface area contributed by atoms with Crippen LogP contribution in [-0.2, 0) is 11.2 Å². The van der Waals surface area contributed by atoms with Crippen molar-refractivity contribution in [2.75, 3.05) is 20.8 Å². The molecule has 0 heterocycles. The van der Waals surface area contributed by atoms with Crippen LogP contribution in [0.2, 0.25) is 0 Å². The predicted molar refractivity (Wildman–Crippen MR) is 60.0 cm³/mol. The lowest BCUT2D eigenvalue weighted by Gasteiger charge is -2.09. The lowest BCUT2D eigenvalue weighted by molar-refractivity contribution is -0.121. The summed E-state index contributed by atoms with van der Waals surface area (Å²) in [5.74, 6) is 1.16. The third-order valence-corrected chi connectivity index (χ3v) is 2.32. The Morgan fingerprint density at radius 2 is 1.94 bits per heavy atom. The van der Waals surface area contributed by atoms with E-state index in [2.05, 4.69) is 0 Å². The molecular formula is C12H16O4. The highest BCUT2D eigenvalue weighted by Crippen LogP contribution is 2.27. The van der Waals surface area contributed by atoms with Crippen LogP contribution in [0.4, 0.5) is 0 Å². The van der Waals surface area contributed by atoms with Crippen LogP contribution in [0.3, 0.4) is 0 Å². The molecule has 0 aliphatic carbocycles. The highest BCUT2D eigenvalue weighted by Gasteiger charge is 2.06. The zero-order valence-electron chi connectivity index (χ0n) is 9.53. The molecule has 0 saturated heterocycles. The SMILES string of the molecule is COc1ccc(CCC(=O)CO)cc1OC. The maximum absolute atomic E-state index is 11.0. The van der Waals surface area contributed by atoms with Crippen molar-refractivity contribution in [1.82, 2.24) is 0 Å². The van der Waals surface area contributed by atoms with Crippen LogP contribution in [0.15, 0.2) is 18.2 Å². The first-order chi connectivity index (χ1) is 7.71. The number of carbonyl (C=O) groups excluding carboxylic acids is 1. The quantitative estimate of drug-likeness (QED) is 0.788. The van der Waals surface area contributed by atoms with E-state index < -0.39 is 6.61 Å². The number of aryl methyl sites for hydroxylation is 1. The number of carbonyl (C=O) groups is 1. The number of ketones is 1. The van der Waals surface area contributed by atoms with Gasteiger partial charge in [0.2, 0.25) is 0 Å². The number of aliphatic hydroxyl groups is 1. The lowest BCUT2D eigenvalue weighted by atomic mass is 10.1. The van der Waals surface area contributed by atoms with E-state index in [9.17, 15) is 4.79 Å². The molecule has 0 bridgehead atoms. The van der Waals surface area contributed by atoms with Crippen molar-refractivity contribution in [3.8, 4) is 11.5 Å². The Bertz CT molecular complexity index is 360. The number of Topliss-reactive ketones (excluding diaryl/α,β-unsaturated/α-hetero) is 1. The largest absolute Gasteiger partial charge is 0.493 e. The van der Waals surface area contributed by atoms with Crippen LogP contribution in [0.5, 0.6) is 11.5 Å². The van der Waals surface area contributed by atoms with Crippen molar-refractivity contribution in [1.29, 1.82) is 0 Å². The summed E-state index contributed by atoms with van der Waals surface area (Å²) < 4.78 is 10.3. The Morgan fingerprint density at radius 1 is 1.25 bits per heavy atom. The van der Waals surface area contributed by atoms with Crippen LogP contribution in [0.25, 0.3) is 0 Å². The number of rotatable bonds is 6. The third kappa shape index (κ3) is 3.24. The van der Waals surface area contributed by atoms with Gasteiger partial charge in [0.25, 0.3) is 0 Å². The minimum Gasteiger partial charge on any atom is -0.493 e. The van der Waals surface area contributed by atoms with Crippen molar-refractivity contribution >= 4 is 5.78 Å². The van der Waals surface area contributed by atoms with E-state index in [1.165, 1.54) is 0 Å². The maximum Gasteiger partial charge on any atom is 0.160 e. The van der Waals surface area contributed by atoms with E-state index in [1.807, 2.05) is 12.1 Å². The number of benzene rings is 1. The van der Waals surface area contributed by atoms with Crippen LogP contribution in [0, 0.1) is 0 Å². The summed E-state index contributed by atoms with van der Waals surface area (Å²) in [7, 11) is 3.15. The van der Waals surface area contributed by atoms with Crippen molar-refractivity contribution in [2.24, 2.45) is 0 Å². The molecule has 4 heteroatoms. The van der Waals surface area contributed by atoms with E-state index in [1.54, 1.807) is 20.3 Å². The van der Waals surface area contributed by atoms with Crippen LogP contribution in [-0.4, -0.2) is 31.7 Å². The predicted octanol–water partition coefficient (Wildman–Crippen LogP) is 1.20. The van der Waals surface area contributed by atoms with Crippen molar-refractivity contribution in [3.63, 3.8) is 0 Å². The van der Waals surface area contributed by atoms with Gasteiger partial charge in [-0.3, -0.25) is 4.79 Å². The zero-order chi connectivity index (χ0) is 12.0. The van der Waals surface area contributed by atoms with Gasteiger partial charge < -0.3 is 14.6 Å². The molecular weight excluding hydrogens is 208 g/mol. The fraction of sp³-hybridized carbons (Fsp3) is 0.417. The van der Waals surface area contributed by atoms with E-state index in [0.717, 1.165) is 5.56 Å². The molecule has 0 unspecified atom stereocenters. The highest BCUT2D eigenvalue weighted by atomic mass is 16.5. The molecule has 16 heavy (non-hydrogen) atoms. The second-order valence-corrected chi connectivity index (χ2v) is 3.39. The number of methoxy groups -OCH3 is 2. The number of hydrogen-bond donors (Lipinski definition) is 1. The average Bonchev–Trinajstić information content (AvgIpc) is 2.35. The lowest BCUT2D eigenvalue weighted by Crippen LogP contribution is -2.05. The second-order valence-electron chi connectivity index (χ2n) is 3.39. The van der Waals surface area contributed by atoms with Gasteiger partial charge in [0.05, 0.1) is 14.2 Å². The first kappa shape index (κ1) is 12.5. The molecule has 1 rings (SSSR count). The Kier molecular flexibility index (Phi) is 4.79. The highest BCUT2D eigenvalue weighted by molar-refractivity contribution is 5.79. The molecule has 1 N–H and O–H groups in total. The molecule has 0 fully saturated rings. The van der Waals surface area contributed by atoms with Gasteiger partial charge in [-0.05, 0) is 24.1 Å². The van der Waals surface area contributed by atoms with Crippen LogP contribution < -0.4 is 9.47 Å². The molecule has 0 spiro atoms. The summed E-state index contributed by atoms with van der Waals surface area (Å²) in [6.07, 6.45) is 0.936. The summed E-state index contributed by atoms with van der Waals surface area (Å²) in [5.41, 5.74) is 0.986. The molecule has 0 aliphatic heterocycles. The van der Waals surface area contributed by atoms with Gasteiger partial charge in [-0.15, -0.1) is 0 Å². The van der Waals surface area contributed by atoms with E-state index in [4.69, 9.17) is 14.6 Å². The standard InChI is InChI=1S/C12H16O4/c1-15-11-6-4-9(7-12(11)16-2)3-5-10(14)8-13/h4,6-7,13H,3,5,8H2,1-2H3. The summed E-state index contributed by atoms with van der Waals surface area (Å²) in [5, 5.41) is 8.60. The summed E-state index contributed by atoms with van der Waals surface area (Å²) in [6.45, 7) is -0.396. The molecule has 1 aromatic rings. The zero-order valence-corrected chi connectivity index (χ0v) is 9.53. The maximum atomic E-state index is 11.0. The minimum atomic E-state index is -0.396. The van der Waals surface area contributed by atoms with Gasteiger partial charge in [-0.2, -0.15) is 0 Å². The first-order valence-electron chi connectivity index (χ1n) is 5.04. The molecule has 0 aliphatic rings. The van der Waals surface area contributed by atoms with Gasteiger partial charge in [-0.1, -0.05) is 6.07 Å². The Hall–Kier alpha value is -1.55. The van der Waals surface area contributed by atoms with Gasteiger partial charge in [0, 0.05) is 6.42 Å². The number of hydrogen-bond acceptors (Lipinski definition) is 4. The molecule has 0 atom stereocenters. The second kappa shape index (κ2) is 6.12. The van der Waals surface area contributed by atoms with Gasteiger partial charge in [-0.25, -0.2) is 0 Å². The van der Waals surface area contributed by atoms with Gasteiger partial charge >= 0.3 is 0 Å².